The van der Waals surface area contributed by atoms with Gasteiger partial charge in [0.1, 0.15) is 0 Å². The summed E-state index contributed by atoms with van der Waals surface area (Å²) in [7, 11) is 1.86. The van der Waals surface area contributed by atoms with E-state index in [1.54, 1.807) is 0 Å². The Morgan fingerprint density at radius 1 is 1.47 bits per heavy atom. The van der Waals surface area contributed by atoms with Crippen molar-refractivity contribution in [2.75, 3.05) is 32.2 Å². The molecule has 4 nitrogen and oxygen atoms in total. The van der Waals surface area contributed by atoms with E-state index in [2.05, 4.69) is 21.9 Å². The third kappa shape index (κ3) is 2.15. The standard InChI is InChI=1S/C14H25N3OS/c1-15-13(16-7-9-19-2)17-11-10-4-8-18-12(10)14(11)5-3-6-14/h10-12H,3-9H2,1-2H3,(H2,15,16,17). The SMILES string of the molecule is CN=C(NCCSC)NC1C2CCOC2C12CCC2. The number of thioether (sulfide) groups is 1. The molecule has 3 unspecified atom stereocenters. The van der Waals surface area contributed by atoms with E-state index in [9.17, 15) is 0 Å². The summed E-state index contributed by atoms with van der Waals surface area (Å²) in [6.07, 6.45) is 7.90. The van der Waals surface area contributed by atoms with Gasteiger partial charge in [-0.25, -0.2) is 0 Å². The number of guanidine groups is 1. The van der Waals surface area contributed by atoms with Crippen LogP contribution in [0.1, 0.15) is 25.7 Å². The van der Waals surface area contributed by atoms with Gasteiger partial charge in [0.05, 0.1) is 6.10 Å². The number of nitrogens with one attached hydrogen (secondary N) is 2. The normalized spacial score (nSPS) is 35.5. The Morgan fingerprint density at radius 3 is 2.95 bits per heavy atom. The van der Waals surface area contributed by atoms with Crippen molar-refractivity contribution >= 4 is 17.7 Å². The maximum Gasteiger partial charge on any atom is 0.191 e. The zero-order valence-electron chi connectivity index (χ0n) is 11.9. The molecule has 0 aromatic rings. The lowest BCUT2D eigenvalue weighted by Gasteiger charge is -2.63. The highest BCUT2D eigenvalue weighted by molar-refractivity contribution is 7.98. The molecule has 0 radical (unpaired) electrons. The maximum absolute atomic E-state index is 5.95. The van der Waals surface area contributed by atoms with Gasteiger partial charge in [-0.1, -0.05) is 6.42 Å². The molecule has 2 saturated carbocycles. The van der Waals surface area contributed by atoms with E-state index in [1.165, 1.54) is 25.7 Å². The zero-order valence-corrected chi connectivity index (χ0v) is 12.8. The van der Waals surface area contributed by atoms with E-state index < -0.39 is 0 Å². The van der Waals surface area contributed by atoms with Crippen LogP contribution in [-0.2, 0) is 4.74 Å². The topological polar surface area (TPSA) is 45.7 Å². The van der Waals surface area contributed by atoms with E-state index >= 15 is 0 Å². The fourth-order valence-corrected chi connectivity index (χ4v) is 4.38. The lowest BCUT2D eigenvalue weighted by atomic mass is 9.46. The molecule has 0 aromatic carbocycles. The molecule has 1 heterocycles. The molecule has 0 amide bonds. The van der Waals surface area contributed by atoms with Crippen LogP contribution in [0, 0.1) is 11.3 Å². The van der Waals surface area contributed by atoms with E-state index in [1.807, 2.05) is 18.8 Å². The fourth-order valence-electron chi connectivity index (χ4n) is 4.07. The second-order valence-electron chi connectivity index (χ2n) is 5.94. The Bertz CT molecular complexity index is 357. The quantitative estimate of drug-likeness (QED) is 0.466. The molecule has 0 bridgehead atoms. The number of rotatable bonds is 4. The summed E-state index contributed by atoms with van der Waals surface area (Å²) in [5, 5.41) is 7.09. The van der Waals surface area contributed by atoms with Gasteiger partial charge < -0.3 is 15.4 Å². The largest absolute Gasteiger partial charge is 0.377 e. The van der Waals surface area contributed by atoms with Gasteiger partial charge >= 0.3 is 0 Å². The number of aliphatic imine (C=N–C) groups is 1. The van der Waals surface area contributed by atoms with Crippen molar-refractivity contribution in [3.63, 3.8) is 0 Å². The summed E-state index contributed by atoms with van der Waals surface area (Å²) >= 11 is 1.86. The molecule has 1 aliphatic heterocycles. The minimum absolute atomic E-state index is 0.429. The smallest absolute Gasteiger partial charge is 0.191 e. The fraction of sp³-hybridized carbons (Fsp3) is 0.929. The minimum Gasteiger partial charge on any atom is -0.377 e. The molecule has 108 valence electrons. The summed E-state index contributed by atoms with van der Waals surface area (Å²) in [5.74, 6) is 2.79. The highest BCUT2D eigenvalue weighted by Gasteiger charge is 2.66. The van der Waals surface area contributed by atoms with Crippen molar-refractivity contribution in [2.24, 2.45) is 16.3 Å². The number of fused-ring (bicyclic) bond motifs is 2. The van der Waals surface area contributed by atoms with Gasteiger partial charge in [0, 0.05) is 43.3 Å². The van der Waals surface area contributed by atoms with Crippen molar-refractivity contribution in [1.82, 2.24) is 10.6 Å². The van der Waals surface area contributed by atoms with Gasteiger partial charge in [0.25, 0.3) is 0 Å². The van der Waals surface area contributed by atoms with Crippen LogP contribution in [0.2, 0.25) is 0 Å². The third-order valence-corrected chi connectivity index (χ3v) is 5.76. The monoisotopic (exact) mass is 283 g/mol. The average molecular weight is 283 g/mol. The van der Waals surface area contributed by atoms with Gasteiger partial charge in [0.2, 0.25) is 0 Å². The van der Waals surface area contributed by atoms with Crippen LogP contribution in [0.25, 0.3) is 0 Å². The Hall–Kier alpha value is -0.420. The number of nitrogens with zero attached hydrogens (tertiary/aromatic N) is 1. The van der Waals surface area contributed by atoms with Gasteiger partial charge in [-0.2, -0.15) is 11.8 Å². The number of hydrogen-bond acceptors (Lipinski definition) is 3. The zero-order chi connectivity index (χ0) is 13.3. The van der Waals surface area contributed by atoms with Crippen molar-refractivity contribution < 1.29 is 4.74 Å². The molecule has 5 heteroatoms. The maximum atomic E-state index is 5.95. The van der Waals surface area contributed by atoms with E-state index in [4.69, 9.17) is 4.74 Å². The number of ether oxygens (including phenoxy) is 1. The Balaban J connectivity index is 1.59. The molecule has 3 atom stereocenters. The summed E-state index contributed by atoms with van der Waals surface area (Å²) < 4.78 is 5.95. The molecule has 19 heavy (non-hydrogen) atoms. The van der Waals surface area contributed by atoms with Gasteiger partial charge in [-0.05, 0) is 25.5 Å². The van der Waals surface area contributed by atoms with Crippen molar-refractivity contribution in [3.8, 4) is 0 Å². The lowest BCUT2D eigenvalue weighted by molar-refractivity contribution is -0.171. The molecule has 2 N–H and O–H groups in total. The molecule has 0 aromatic heterocycles. The van der Waals surface area contributed by atoms with Crippen LogP contribution in [0.15, 0.2) is 4.99 Å². The van der Waals surface area contributed by atoms with Crippen LogP contribution >= 0.6 is 11.8 Å². The van der Waals surface area contributed by atoms with Crippen LogP contribution in [0.3, 0.4) is 0 Å². The first-order valence-corrected chi connectivity index (χ1v) is 8.79. The lowest BCUT2D eigenvalue weighted by Crippen LogP contribution is -2.72. The van der Waals surface area contributed by atoms with Crippen LogP contribution < -0.4 is 10.6 Å². The second-order valence-corrected chi connectivity index (χ2v) is 6.93. The number of hydrogen-bond donors (Lipinski definition) is 2. The van der Waals surface area contributed by atoms with Crippen LogP contribution in [0.5, 0.6) is 0 Å². The van der Waals surface area contributed by atoms with E-state index in [0.29, 0.717) is 23.5 Å². The molecule has 3 fully saturated rings. The summed E-state index contributed by atoms with van der Waals surface area (Å²) in [4.78, 5) is 4.36. The Morgan fingerprint density at radius 2 is 2.32 bits per heavy atom. The van der Waals surface area contributed by atoms with Crippen molar-refractivity contribution in [2.45, 2.75) is 37.8 Å². The first-order chi connectivity index (χ1) is 9.31. The predicted octanol–water partition coefficient (Wildman–Crippen LogP) is 1.47. The molecular weight excluding hydrogens is 258 g/mol. The summed E-state index contributed by atoms with van der Waals surface area (Å²) in [5.41, 5.74) is 0.429. The predicted molar refractivity (Wildman–Crippen MR) is 80.8 cm³/mol. The van der Waals surface area contributed by atoms with Gasteiger partial charge in [-0.15, -0.1) is 0 Å². The third-order valence-electron chi connectivity index (χ3n) is 5.15. The first kappa shape index (κ1) is 13.6. The average Bonchev–Trinajstić information content (AvgIpc) is 2.77. The van der Waals surface area contributed by atoms with Crippen LogP contribution in [0.4, 0.5) is 0 Å². The van der Waals surface area contributed by atoms with E-state index in [-0.39, 0.29) is 0 Å². The Labute approximate surface area is 120 Å². The molecule has 3 rings (SSSR count). The van der Waals surface area contributed by atoms with Crippen molar-refractivity contribution in [3.05, 3.63) is 0 Å². The Kier molecular flexibility index (Phi) is 3.94. The van der Waals surface area contributed by atoms with Crippen molar-refractivity contribution in [1.29, 1.82) is 0 Å². The minimum atomic E-state index is 0.429. The summed E-state index contributed by atoms with van der Waals surface area (Å²) in [6.45, 7) is 1.93. The highest BCUT2D eigenvalue weighted by atomic mass is 32.2. The first-order valence-electron chi connectivity index (χ1n) is 7.39. The van der Waals surface area contributed by atoms with E-state index in [0.717, 1.165) is 24.9 Å². The molecule has 1 spiro atoms. The van der Waals surface area contributed by atoms with Gasteiger partial charge in [0.15, 0.2) is 5.96 Å². The highest BCUT2D eigenvalue weighted by Crippen LogP contribution is 2.62. The molecule has 3 aliphatic rings. The summed E-state index contributed by atoms with van der Waals surface area (Å²) in [6, 6.07) is 0.578. The van der Waals surface area contributed by atoms with Gasteiger partial charge in [-0.3, -0.25) is 4.99 Å². The molecule has 2 aliphatic carbocycles. The van der Waals surface area contributed by atoms with Crippen LogP contribution in [-0.4, -0.2) is 50.3 Å². The molecular formula is C14H25N3OS. The molecule has 1 saturated heterocycles. The second kappa shape index (κ2) is 5.52.